The third-order valence-corrected chi connectivity index (χ3v) is 14.5. The van der Waals surface area contributed by atoms with E-state index in [1.54, 1.807) is 0 Å². The Bertz CT molecular complexity index is 3800. The maximum absolute atomic E-state index is 2.54. The molecule has 0 unspecified atom stereocenters. The van der Waals surface area contributed by atoms with Crippen molar-refractivity contribution in [2.24, 2.45) is 0 Å². The molecule has 328 valence electrons. The topological polar surface area (TPSA) is 3.24 Å². The fourth-order valence-electron chi connectivity index (χ4n) is 11.4. The lowest BCUT2D eigenvalue weighted by molar-refractivity contribution is 0.768. The quantitative estimate of drug-likeness (QED) is 0.131. The van der Waals surface area contributed by atoms with E-state index >= 15 is 0 Å². The molecule has 0 N–H and O–H groups in total. The average Bonchev–Trinajstić information content (AvgIpc) is 3.74. The first-order valence-electron chi connectivity index (χ1n) is 24.2. The van der Waals surface area contributed by atoms with E-state index in [0.29, 0.717) is 0 Å². The van der Waals surface area contributed by atoms with E-state index in [4.69, 9.17) is 0 Å². The van der Waals surface area contributed by atoms with Crippen LogP contribution in [0.1, 0.15) is 22.3 Å². The number of rotatable bonds is 9. The molecule has 0 aliphatic heterocycles. The fraction of sp³-hybridized carbons (Fsp3) is 0.0145. The second-order valence-corrected chi connectivity index (χ2v) is 18.3. The van der Waals surface area contributed by atoms with E-state index in [1.807, 2.05) is 0 Å². The summed E-state index contributed by atoms with van der Waals surface area (Å²) < 4.78 is 0. The molecule has 70 heavy (non-hydrogen) atoms. The monoisotopic (exact) mass is 889 g/mol. The fourth-order valence-corrected chi connectivity index (χ4v) is 11.4. The van der Waals surface area contributed by atoms with Gasteiger partial charge in [0.1, 0.15) is 0 Å². The molecular weight excluding hydrogens is 843 g/mol. The van der Waals surface area contributed by atoms with Gasteiger partial charge >= 0.3 is 0 Å². The summed E-state index contributed by atoms with van der Waals surface area (Å²) in [6, 6.07) is 105. The molecular formula is C69H47N. The average molecular weight is 890 g/mol. The zero-order valence-electron chi connectivity index (χ0n) is 38.6. The number of anilines is 3. The Morgan fingerprint density at radius 1 is 0.243 bits per heavy atom. The number of benzene rings is 12. The van der Waals surface area contributed by atoms with Gasteiger partial charge < -0.3 is 4.90 Å². The summed E-state index contributed by atoms with van der Waals surface area (Å²) in [5, 5.41) is 4.87. The lowest BCUT2D eigenvalue weighted by atomic mass is 9.67. The van der Waals surface area contributed by atoms with E-state index in [1.165, 1.54) is 93.9 Å². The molecule has 0 bridgehead atoms. The van der Waals surface area contributed by atoms with Crippen LogP contribution < -0.4 is 4.90 Å². The van der Waals surface area contributed by atoms with Gasteiger partial charge in [-0.25, -0.2) is 0 Å². The van der Waals surface area contributed by atoms with Gasteiger partial charge in [0.15, 0.2) is 0 Å². The van der Waals surface area contributed by atoms with E-state index in [-0.39, 0.29) is 0 Å². The van der Waals surface area contributed by atoms with Crippen molar-refractivity contribution in [1.29, 1.82) is 0 Å². The van der Waals surface area contributed by atoms with Crippen molar-refractivity contribution in [2.45, 2.75) is 5.41 Å². The number of nitrogens with zero attached hydrogens (tertiary/aromatic N) is 1. The summed E-state index contributed by atoms with van der Waals surface area (Å²) in [6.07, 6.45) is 0. The molecule has 0 fully saturated rings. The van der Waals surface area contributed by atoms with E-state index < -0.39 is 5.41 Å². The van der Waals surface area contributed by atoms with Gasteiger partial charge in [0.25, 0.3) is 0 Å². The van der Waals surface area contributed by atoms with Crippen LogP contribution in [0.25, 0.3) is 77.2 Å². The van der Waals surface area contributed by atoms with Crippen molar-refractivity contribution in [3.05, 3.63) is 307 Å². The molecule has 0 saturated carbocycles. The van der Waals surface area contributed by atoms with Gasteiger partial charge in [-0.3, -0.25) is 0 Å². The van der Waals surface area contributed by atoms with Crippen LogP contribution in [0.4, 0.5) is 17.1 Å². The van der Waals surface area contributed by atoms with Crippen LogP contribution in [0.3, 0.4) is 0 Å². The smallest absolute Gasteiger partial charge is 0.0714 e. The van der Waals surface area contributed by atoms with Crippen LogP contribution in [0.5, 0.6) is 0 Å². The Morgan fingerprint density at radius 2 is 0.657 bits per heavy atom. The molecule has 0 heterocycles. The van der Waals surface area contributed by atoms with Crippen LogP contribution in [-0.2, 0) is 5.41 Å². The Kier molecular flexibility index (Phi) is 10.1. The minimum absolute atomic E-state index is 0.553. The van der Waals surface area contributed by atoms with Gasteiger partial charge in [-0.05, 0) is 119 Å². The molecule has 0 spiro atoms. The van der Waals surface area contributed by atoms with Crippen LogP contribution in [0.15, 0.2) is 285 Å². The van der Waals surface area contributed by atoms with Crippen molar-refractivity contribution in [1.82, 2.24) is 0 Å². The second kappa shape index (κ2) is 17.2. The zero-order valence-corrected chi connectivity index (χ0v) is 38.6. The highest BCUT2D eigenvalue weighted by atomic mass is 15.1. The molecule has 13 rings (SSSR count). The molecule has 1 aliphatic carbocycles. The Balaban J connectivity index is 1.02. The first-order valence-corrected chi connectivity index (χ1v) is 24.2. The minimum Gasteiger partial charge on any atom is -0.309 e. The maximum Gasteiger partial charge on any atom is 0.0714 e. The molecule has 0 amide bonds. The third kappa shape index (κ3) is 6.78. The molecule has 1 heteroatoms. The van der Waals surface area contributed by atoms with Gasteiger partial charge in [0.2, 0.25) is 0 Å². The largest absolute Gasteiger partial charge is 0.309 e. The molecule has 0 radical (unpaired) electrons. The summed E-state index contributed by atoms with van der Waals surface area (Å²) in [4.78, 5) is 2.54. The normalized spacial score (nSPS) is 12.4. The lowest BCUT2D eigenvalue weighted by Gasteiger charge is -2.35. The highest BCUT2D eigenvalue weighted by Crippen LogP contribution is 2.58. The predicted molar refractivity (Wildman–Crippen MR) is 295 cm³/mol. The van der Waals surface area contributed by atoms with Crippen LogP contribution >= 0.6 is 0 Å². The SMILES string of the molecule is c1ccc(-c2cccc(-c3ccc(-c4ccc(N(c5ccc6c(c5)C(c5ccccc5)(c5ccccc5)c5ccccc5-6)c5c(-c6ccccc6)c6ccccc6c6ccccc56)cc4)cc3)c2)cc1. The number of hydrogen-bond donors (Lipinski definition) is 0. The van der Waals surface area contributed by atoms with Crippen LogP contribution in [0, 0.1) is 0 Å². The molecule has 12 aromatic carbocycles. The molecule has 0 saturated heterocycles. The maximum atomic E-state index is 2.54. The van der Waals surface area contributed by atoms with Crippen molar-refractivity contribution >= 4 is 38.6 Å². The van der Waals surface area contributed by atoms with Gasteiger partial charge in [-0.1, -0.05) is 255 Å². The molecule has 0 aromatic heterocycles. The summed E-state index contributed by atoms with van der Waals surface area (Å²) >= 11 is 0. The zero-order chi connectivity index (χ0) is 46.4. The molecule has 1 aliphatic rings. The van der Waals surface area contributed by atoms with Crippen molar-refractivity contribution in [3.8, 4) is 55.6 Å². The third-order valence-electron chi connectivity index (χ3n) is 14.5. The Hall–Kier alpha value is -9.04. The Morgan fingerprint density at radius 3 is 1.27 bits per heavy atom. The summed E-state index contributed by atoms with van der Waals surface area (Å²) in [7, 11) is 0. The predicted octanol–water partition coefficient (Wildman–Crippen LogP) is 18.5. The Labute approximate surface area is 409 Å². The first kappa shape index (κ1) is 41.2. The molecule has 0 atom stereocenters. The van der Waals surface area contributed by atoms with Crippen molar-refractivity contribution in [3.63, 3.8) is 0 Å². The van der Waals surface area contributed by atoms with Crippen molar-refractivity contribution in [2.75, 3.05) is 4.90 Å². The second-order valence-electron chi connectivity index (χ2n) is 18.3. The van der Waals surface area contributed by atoms with Gasteiger partial charge in [-0.2, -0.15) is 0 Å². The van der Waals surface area contributed by atoms with Gasteiger partial charge in [-0.15, -0.1) is 0 Å². The van der Waals surface area contributed by atoms with Crippen LogP contribution in [0.2, 0.25) is 0 Å². The molecule has 12 aromatic rings. The first-order chi connectivity index (χ1) is 34.7. The van der Waals surface area contributed by atoms with Gasteiger partial charge in [0.05, 0.1) is 11.1 Å². The van der Waals surface area contributed by atoms with Crippen LogP contribution in [-0.4, -0.2) is 0 Å². The molecule has 1 nitrogen and oxygen atoms in total. The van der Waals surface area contributed by atoms with Gasteiger partial charge in [0, 0.05) is 22.3 Å². The van der Waals surface area contributed by atoms with E-state index in [9.17, 15) is 0 Å². The van der Waals surface area contributed by atoms with E-state index in [0.717, 1.165) is 22.6 Å². The lowest BCUT2D eigenvalue weighted by Crippen LogP contribution is -2.28. The van der Waals surface area contributed by atoms with Crippen molar-refractivity contribution < 1.29 is 0 Å². The minimum atomic E-state index is -0.553. The number of fused-ring (bicyclic) bond motifs is 6. The van der Waals surface area contributed by atoms with E-state index in [2.05, 4.69) is 290 Å². The number of hydrogen-bond acceptors (Lipinski definition) is 1. The highest BCUT2D eigenvalue weighted by molar-refractivity contribution is 6.22. The highest BCUT2D eigenvalue weighted by Gasteiger charge is 2.46. The standard InChI is InChI=1S/C69H47N/c1-5-20-48(21-6-1)53-24-19-25-54(46-53)51-38-36-49(37-39-51)50-40-42-57(43-41-50)70(68-64-34-16-14-31-60(64)59-30-13-15-33-63(59)67(68)52-22-7-2-8-23-52)58-44-45-62-61-32-17-18-35-65(61)69(66(62)47-58,55-26-9-3-10-27-55)56-28-11-4-12-29-56/h1-47H. The summed E-state index contributed by atoms with van der Waals surface area (Å²) in [6.45, 7) is 0. The summed E-state index contributed by atoms with van der Waals surface area (Å²) in [5.74, 6) is 0. The summed E-state index contributed by atoms with van der Waals surface area (Å²) in [5.41, 5.74) is 19.9.